The van der Waals surface area contributed by atoms with Gasteiger partial charge in [-0.2, -0.15) is 0 Å². The molecule has 0 aromatic rings. The minimum Gasteiger partial charge on any atom is -0.442 e. The summed E-state index contributed by atoms with van der Waals surface area (Å²) in [5, 5.41) is 2.78. The van der Waals surface area contributed by atoms with E-state index in [1.807, 2.05) is 13.8 Å². The second-order valence-electron chi connectivity index (χ2n) is 6.65. The number of nitrogens with two attached hydrogens (primary N) is 1. The van der Waals surface area contributed by atoms with Crippen molar-refractivity contribution < 1.29 is 14.3 Å². The highest BCUT2D eigenvalue weighted by Gasteiger charge is 2.35. The number of nitrogens with zero attached hydrogens (tertiary/aromatic N) is 2. The number of carbonyl (C=O) groups excluding carboxylic acids is 2. The molecule has 0 bridgehead atoms. The number of carbonyl (C=O) groups is 2. The zero-order valence-corrected chi connectivity index (χ0v) is 12.5. The van der Waals surface area contributed by atoms with Crippen LogP contribution in [-0.2, 0) is 9.53 Å². The van der Waals surface area contributed by atoms with Crippen LogP contribution in [0.2, 0.25) is 0 Å². The van der Waals surface area contributed by atoms with Gasteiger partial charge in [0.2, 0.25) is 5.91 Å². The van der Waals surface area contributed by atoms with E-state index in [0.717, 1.165) is 0 Å². The maximum absolute atomic E-state index is 12.1. The standard InChI is InChI=1S/C13H25N3O3/c1-12(2,3)19-11(18)15-8-6-7-10(17)16(15)9-13(4,5)14/h6-9,14H2,1-5H3. The van der Waals surface area contributed by atoms with Crippen LogP contribution in [0, 0.1) is 0 Å². The molecule has 0 aromatic heterocycles. The van der Waals surface area contributed by atoms with E-state index in [0.29, 0.717) is 25.9 Å². The van der Waals surface area contributed by atoms with E-state index in [1.165, 1.54) is 10.0 Å². The average molecular weight is 271 g/mol. The van der Waals surface area contributed by atoms with Crippen LogP contribution in [-0.4, -0.2) is 46.2 Å². The number of ether oxygens (including phenoxy) is 1. The van der Waals surface area contributed by atoms with Gasteiger partial charge < -0.3 is 10.5 Å². The minimum atomic E-state index is -0.582. The van der Waals surface area contributed by atoms with E-state index in [4.69, 9.17) is 10.5 Å². The lowest BCUT2D eigenvalue weighted by molar-refractivity contribution is -0.155. The van der Waals surface area contributed by atoms with Gasteiger partial charge >= 0.3 is 6.09 Å². The average Bonchev–Trinajstić information content (AvgIpc) is 2.16. The van der Waals surface area contributed by atoms with Crippen LogP contribution in [0.15, 0.2) is 0 Å². The lowest BCUT2D eigenvalue weighted by Crippen LogP contribution is -2.59. The molecule has 19 heavy (non-hydrogen) atoms. The fourth-order valence-electron chi connectivity index (χ4n) is 1.83. The summed E-state index contributed by atoms with van der Waals surface area (Å²) in [7, 11) is 0. The summed E-state index contributed by atoms with van der Waals surface area (Å²) in [6.07, 6.45) is 0.597. The summed E-state index contributed by atoms with van der Waals surface area (Å²) < 4.78 is 5.32. The molecule has 6 heteroatoms. The van der Waals surface area contributed by atoms with Gasteiger partial charge in [-0.1, -0.05) is 0 Å². The molecule has 6 nitrogen and oxygen atoms in total. The largest absolute Gasteiger partial charge is 0.442 e. The van der Waals surface area contributed by atoms with Crippen LogP contribution in [0.25, 0.3) is 0 Å². The van der Waals surface area contributed by atoms with Crippen LogP contribution >= 0.6 is 0 Å². The fourth-order valence-corrected chi connectivity index (χ4v) is 1.83. The van der Waals surface area contributed by atoms with Gasteiger partial charge in [-0.15, -0.1) is 0 Å². The van der Waals surface area contributed by atoms with Gasteiger partial charge in [0.25, 0.3) is 0 Å². The van der Waals surface area contributed by atoms with Crippen LogP contribution in [0.3, 0.4) is 0 Å². The van der Waals surface area contributed by atoms with Crippen molar-refractivity contribution in [3.63, 3.8) is 0 Å². The lowest BCUT2D eigenvalue weighted by Gasteiger charge is -2.41. The maximum Gasteiger partial charge on any atom is 0.429 e. The topological polar surface area (TPSA) is 75.9 Å². The van der Waals surface area contributed by atoms with E-state index in [2.05, 4.69) is 0 Å². The summed E-state index contributed by atoms with van der Waals surface area (Å²) in [6.45, 7) is 9.82. The highest BCUT2D eigenvalue weighted by Crippen LogP contribution is 2.19. The first-order valence-corrected chi connectivity index (χ1v) is 6.59. The van der Waals surface area contributed by atoms with E-state index >= 15 is 0 Å². The van der Waals surface area contributed by atoms with Crippen molar-refractivity contribution in [1.29, 1.82) is 0 Å². The SMILES string of the molecule is CC(C)(N)CN1C(=O)CCCN1C(=O)OC(C)(C)C. The second kappa shape index (κ2) is 5.36. The Bertz CT molecular complexity index is 355. The van der Waals surface area contributed by atoms with E-state index in [9.17, 15) is 9.59 Å². The molecule has 0 aromatic carbocycles. The third kappa shape index (κ3) is 5.06. The summed E-state index contributed by atoms with van der Waals surface area (Å²) in [4.78, 5) is 24.1. The van der Waals surface area contributed by atoms with E-state index < -0.39 is 17.2 Å². The normalized spacial score (nSPS) is 17.7. The molecule has 1 aliphatic rings. The molecule has 0 saturated carbocycles. The highest BCUT2D eigenvalue weighted by atomic mass is 16.6. The summed E-state index contributed by atoms with van der Waals surface area (Å²) in [5.41, 5.74) is 4.80. The fraction of sp³-hybridized carbons (Fsp3) is 0.846. The first-order valence-electron chi connectivity index (χ1n) is 6.59. The lowest BCUT2D eigenvalue weighted by atomic mass is 10.1. The Hall–Kier alpha value is -1.30. The number of hydrazine groups is 1. The minimum absolute atomic E-state index is 0.0874. The van der Waals surface area contributed by atoms with E-state index in [1.54, 1.807) is 20.8 Å². The molecular formula is C13H25N3O3. The molecule has 1 aliphatic heterocycles. The zero-order valence-electron chi connectivity index (χ0n) is 12.5. The summed E-state index contributed by atoms with van der Waals surface area (Å²) >= 11 is 0. The molecule has 2 amide bonds. The van der Waals surface area contributed by atoms with Crippen molar-refractivity contribution in [2.24, 2.45) is 5.73 Å². The monoisotopic (exact) mass is 271 g/mol. The number of amides is 2. The Morgan fingerprint density at radius 1 is 1.32 bits per heavy atom. The van der Waals surface area contributed by atoms with Gasteiger partial charge in [0, 0.05) is 18.5 Å². The molecule has 0 radical (unpaired) electrons. The number of hydrogen-bond donors (Lipinski definition) is 1. The van der Waals surface area contributed by atoms with Crippen molar-refractivity contribution in [2.45, 2.75) is 58.6 Å². The van der Waals surface area contributed by atoms with Crippen molar-refractivity contribution in [3.05, 3.63) is 0 Å². The van der Waals surface area contributed by atoms with Gasteiger partial charge in [0.1, 0.15) is 5.60 Å². The summed E-state index contributed by atoms with van der Waals surface area (Å²) in [6, 6.07) is 0. The number of hydrogen-bond acceptors (Lipinski definition) is 4. The van der Waals surface area contributed by atoms with Crippen LogP contribution in [0.1, 0.15) is 47.5 Å². The van der Waals surface area contributed by atoms with Gasteiger partial charge in [0.05, 0.1) is 6.54 Å². The zero-order chi connectivity index (χ0) is 14.8. The number of rotatable bonds is 2. The second-order valence-corrected chi connectivity index (χ2v) is 6.65. The van der Waals surface area contributed by atoms with Crippen molar-refractivity contribution in [1.82, 2.24) is 10.0 Å². The third-order valence-electron chi connectivity index (χ3n) is 2.50. The molecule has 1 saturated heterocycles. The molecule has 0 spiro atoms. The first kappa shape index (κ1) is 15.8. The van der Waals surface area contributed by atoms with Crippen LogP contribution < -0.4 is 5.73 Å². The van der Waals surface area contributed by atoms with Crippen LogP contribution in [0.5, 0.6) is 0 Å². The van der Waals surface area contributed by atoms with Crippen molar-refractivity contribution in [2.75, 3.05) is 13.1 Å². The molecule has 1 heterocycles. The predicted molar refractivity (Wildman–Crippen MR) is 72.2 cm³/mol. The van der Waals surface area contributed by atoms with Crippen molar-refractivity contribution >= 4 is 12.0 Å². The van der Waals surface area contributed by atoms with Gasteiger partial charge in [0.15, 0.2) is 0 Å². The molecule has 0 aliphatic carbocycles. The van der Waals surface area contributed by atoms with Crippen molar-refractivity contribution in [3.8, 4) is 0 Å². The van der Waals surface area contributed by atoms with Gasteiger partial charge in [-0.3, -0.25) is 4.79 Å². The van der Waals surface area contributed by atoms with Gasteiger partial charge in [-0.25, -0.2) is 14.8 Å². The molecule has 2 N–H and O–H groups in total. The van der Waals surface area contributed by atoms with Gasteiger partial charge in [-0.05, 0) is 41.0 Å². The quantitative estimate of drug-likeness (QED) is 0.825. The Labute approximate surface area is 114 Å². The molecule has 0 atom stereocenters. The summed E-state index contributed by atoms with van der Waals surface area (Å²) in [5.74, 6) is -0.0874. The molecule has 0 unspecified atom stereocenters. The van der Waals surface area contributed by atoms with E-state index in [-0.39, 0.29) is 5.91 Å². The van der Waals surface area contributed by atoms with Crippen LogP contribution in [0.4, 0.5) is 4.79 Å². The Kier molecular flexibility index (Phi) is 4.45. The maximum atomic E-state index is 12.1. The molecular weight excluding hydrogens is 246 g/mol. The Morgan fingerprint density at radius 3 is 2.37 bits per heavy atom. The molecule has 110 valence electrons. The molecule has 1 fully saturated rings. The smallest absolute Gasteiger partial charge is 0.429 e. The third-order valence-corrected chi connectivity index (χ3v) is 2.50. The predicted octanol–water partition coefficient (Wildman–Crippen LogP) is 1.50. The first-order chi connectivity index (χ1) is 8.49. The molecule has 1 rings (SSSR count). The Balaban J connectivity index is 2.82. The highest BCUT2D eigenvalue weighted by molar-refractivity contribution is 5.80. The Morgan fingerprint density at radius 2 is 1.89 bits per heavy atom.